The second kappa shape index (κ2) is 8.11. The highest BCUT2D eigenvalue weighted by molar-refractivity contribution is 6.02. The fourth-order valence-corrected chi connectivity index (χ4v) is 3.83. The smallest absolute Gasteiger partial charge is 0.355 e. The number of rotatable bonds is 5. The van der Waals surface area contributed by atoms with Crippen molar-refractivity contribution >= 4 is 23.5 Å². The number of amides is 1. The number of esters is 2. The van der Waals surface area contributed by atoms with E-state index >= 15 is 0 Å². The number of ether oxygens (including phenoxy) is 2. The highest BCUT2D eigenvalue weighted by Gasteiger charge is 2.35. The van der Waals surface area contributed by atoms with E-state index in [1.165, 1.54) is 0 Å². The zero-order valence-electron chi connectivity index (χ0n) is 17.4. The molecular formula is C22H26N2O5. The van der Waals surface area contributed by atoms with Crippen LogP contribution in [0.3, 0.4) is 0 Å². The summed E-state index contributed by atoms with van der Waals surface area (Å²) in [6.45, 7) is 8.83. The van der Waals surface area contributed by atoms with Crippen molar-refractivity contribution in [2.75, 3.05) is 11.5 Å². The summed E-state index contributed by atoms with van der Waals surface area (Å²) in [6.07, 6.45) is -0.203. The van der Waals surface area contributed by atoms with Crippen molar-refractivity contribution in [2.24, 2.45) is 0 Å². The van der Waals surface area contributed by atoms with Crippen molar-refractivity contribution in [3.63, 3.8) is 0 Å². The van der Waals surface area contributed by atoms with Crippen LogP contribution in [0.5, 0.6) is 0 Å². The quantitative estimate of drug-likeness (QED) is 0.781. The average molecular weight is 398 g/mol. The van der Waals surface area contributed by atoms with Gasteiger partial charge in [0.25, 0.3) is 5.91 Å². The minimum Gasteiger partial charge on any atom is -0.462 e. The fraction of sp³-hybridized carbons (Fsp3) is 0.409. The molecule has 7 heteroatoms. The summed E-state index contributed by atoms with van der Waals surface area (Å²) in [5.74, 6) is -1.45. The van der Waals surface area contributed by atoms with Crippen molar-refractivity contribution < 1.29 is 23.9 Å². The maximum absolute atomic E-state index is 13.0. The SMILES string of the molecule is CCOC(=O)c1c(C)[nH]c(C(=O)O[C@@H](C)C(=O)N2c3ccccc3C[C@@H]2C)c1C. The largest absolute Gasteiger partial charge is 0.462 e. The Hall–Kier alpha value is -3.09. The Bertz CT molecular complexity index is 962. The molecule has 0 aliphatic carbocycles. The normalized spacial score (nSPS) is 16.3. The highest BCUT2D eigenvalue weighted by atomic mass is 16.5. The summed E-state index contributed by atoms with van der Waals surface area (Å²) in [7, 11) is 0. The van der Waals surface area contributed by atoms with Gasteiger partial charge in [-0.1, -0.05) is 18.2 Å². The van der Waals surface area contributed by atoms with Crippen molar-refractivity contribution in [1.29, 1.82) is 0 Å². The Kier molecular flexibility index (Phi) is 5.77. The van der Waals surface area contributed by atoms with E-state index in [0.717, 1.165) is 17.7 Å². The lowest BCUT2D eigenvalue weighted by atomic mass is 10.1. The lowest BCUT2D eigenvalue weighted by molar-refractivity contribution is -0.126. The number of fused-ring (bicyclic) bond motifs is 1. The van der Waals surface area contributed by atoms with Gasteiger partial charge >= 0.3 is 11.9 Å². The summed E-state index contributed by atoms with van der Waals surface area (Å²) in [6, 6.07) is 7.72. The third kappa shape index (κ3) is 3.77. The molecule has 1 aliphatic rings. The Morgan fingerprint density at radius 1 is 1.21 bits per heavy atom. The monoisotopic (exact) mass is 398 g/mol. The molecule has 2 heterocycles. The second-order valence-electron chi connectivity index (χ2n) is 7.28. The van der Waals surface area contributed by atoms with Gasteiger partial charge in [0.15, 0.2) is 6.10 Å². The molecule has 1 aromatic carbocycles. The number of hydrogen-bond acceptors (Lipinski definition) is 5. The molecule has 1 N–H and O–H groups in total. The van der Waals surface area contributed by atoms with E-state index in [-0.39, 0.29) is 24.2 Å². The predicted molar refractivity (Wildman–Crippen MR) is 108 cm³/mol. The number of benzene rings is 1. The van der Waals surface area contributed by atoms with Gasteiger partial charge in [-0.3, -0.25) is 4.79 Å². The van der Waals surface area contributed by atoms with E-state index in [0.29, 0.717) is 16.8 Å². The minimum atomic E-state index is -0.967. The van der Waals surface area contributed by atoms with Gasteiger partial charge in [0.1, 0.15) is 5.69 Å². The standard InChI is InChI=1S/C22H26N2O5/c1-6-28-21(26)18-13(3)19(23-14(18)4)22(27)29-15(5)20(25)24-12(2)11-16-9-7-8-10-17(16)24/h7-10,12,15,23H,6,11H2,1-5H3/t12-,15-/m0/s1. The zero-order valence-corrected chi connectivity index (χ0v) is 17.4. The van der Waals surface area contributed by atoms with Gasteiger partial charge in [-0.05, 0) is 58.2 Å². The van der Waals surface area contributed by atoms with Crippen LogP contribution in [-0.4, -0.2) is 41.6 Å². The molecule has 154 valence electrons. The van der Waals surface area contributed by atoms with Crippen LogP contribution in [0.25, 0.3) is 0 Å². The lowest BCUT2D eigenvalue weighted by Crippen LogP contribution is -2.43. The van der Waals surface area contributed by atoms with Crippen LogP contribution in [0.2, 0.25) is 0 Å². The maximum Gasteiger partial charge on any atom is 0.355 e. The number of nitrogens with one attached hydrogen (secondary N) is 1. The van der Waals surface area contributed by atoms with Gasteiger partial charge in [0.05, 0.1) is 12.2 Å². The Morgan fingerprint density at radius 2 is 1.90 bits per heavy atom. The number of aryl methyl sites for hydroxylation is 1. The Morgan fingerprint density at radius 3 is 2.59 bits per heavy atom. The molecule has 1 amide bonds. The Labute approximate surface area is 170 Å². The molecule has 0 unspecified atom stereocenters. The van der Waals surface area contributed by atoms with Gasteiger partial charge in [-0.2, -0.15) is 0 Å². The average Bonchev–Trinajstić information content (AvgIpc) is 3.16. The van der Waals surface area contributed by atoms with E-state index in [9.17, 15) is 14.4 Å². The van der Waals surface area contributed by atoms with Gasteiger partial charge in [0, 0.05) is 17.4 Å². The third-order valence-corrected chi connectivity index (χ3v) is 5.20. The molecule has 2 atom stereocenters. The number of aromatic nitrogens is 1. The van der Waals surface area contributed by atoms with Crippen molar-refractivity contribution in [1.82, 2.24) is 4.98 Å². The van der Waals surface area contributed by atoms with Crippen LogP contribution < -0.4 is 4.90 Å². The summed E-state index contributed by atoms with van der Waals surface area (Å²) in [5.41, 5.74) is 3.39. The molecule has 2 aromatic rings. The molecule has 0 radical (unpaired) electrons. The van der Waals surface area contributed by atoms with E-state index in [1.807, 2.05) is 31.2 Å². The van der Waals surface area contributed by atoms with Gasteiger partial charge < -0.3 is 19.4 Å². The van der Waals surface area contributed by atoms with E-state index < -0.39 is 18.0 Å². The van der Waals surface area contributed by atoms with Crippen molar-refractivity contribution in [3.8, 4) is 0 Å². The molecule has 1 aliphatic heterocycles. The summed E-state index contributed by atoms with van der Waals surface area (Å²) < 4.78 is 10.5. The summed E-state index contributed by atoms with van der Waals surface area (Å²) >= 11 is 0. The molecule has 29 heavy (non-hydrogen) atoms. The molecule has 0 saturated carbocycles. The lowest BCUT2D eigenvalue weighted by Gasteiger charge is -2.25. The number of H-pyrrole nitrogens is 1. The first-order chi connectivity index (χ1) is 13.8. The van der Waals surface area contributed by atoms with E-state index in [1.54, 1.807) is 32.6 Å². The van der Waals surface area contributed by atoms with Crippen LogP contribution in [-0.2, 0) is 20.7 Å². The number of nitrogens with zero attached hydrogens (tertiary/aromatic N) is 1. The number of hydrogen-bond donors (Lipinski definition) is 1. The molecule has 3 rings (SSSR count). The second-order valence-corrected chi connectivity index (χ2v) is 7.28. The van der Waals surface area contributed by atoms with Crippen LogP contribution in [0.1, 0.15) is 58.4 Å². The molecule has 0 bridgehead atoms. The van der Waals surface area contributed by atoms with Crippen LogP contribution in [0, 0.1) is 13.8 Å². The van der Waals surface area contributed by atoms with E-state index in [4.69, 9.17) is 9.47 Å². The maximum atomic E-state index is 13.0. The number of aromatic amines is 1. The molecule has 0 spiro atoms. The summed E-state index contributed by atoms with van der Waals surface area (Å²) in [4.78, 5) is 42.4. The number of anilines is 1. The van der Waals surface area contributed by atoms with Crippen molar-refractivity contribution in [3.05, 3.63) is 52.3 Å². The van der Waals surface area contributed by atoms with Crippen LogP contribution >= 0.6 is 0 Å². The van der Waals surface area contributed by atoms with Gasteiger partial charge in [-0.25, -0.2) is 9.59 Å². The predicted octanol–water partition coefficient (Wildman–Crippen LogP) is 3.33. The van der Waals surface area contributed by atoms with Gasteiger partial charge in [-0.15, -0.1) is 0 Å². The molecule has 7 nitrogen and oxygen atoms in total. The van der Waals surface area contributed by atoms with Crippen LogP contribution in [0.15, 0.2) is 24.3 Å². The van der Waals surface area contributed by atoms with E-state index in [2.05, 4.69) is 4.98 Å². The fourth-order valence-electron chi connectivity index (χ4n) is 3.83. The summed E-state index contributed by atoms with van der Waals surface area (Å²) in [5, 5.41) is 0. The number of para-hydroxylation sites is 1. The molecule has 0 saturated heterocycles. The van der Waals surface area contributed by atoms with Crippen LogP contribution in [0.4, 0.5) is 5.69 Å². The minimum absolute atomic E-state index is 0.00839. The third-order valence-electron chi connectivity index (χ3n) is 5.20. The number of carbonyl (C=O) groups is 3. The first-order valence-electron chi connectivity index (χ1n) is 9.74. The highest BCUT2D eigenvalue weighted by Crippen LogP contribution is 2.32. The number of carbonyl (C=O) groups excluding carboxylic acids is 3. The first-order valence-corrected chi connectivity index (χ1v) is 9.74. The Balaban J connectivity index is 1.77. The topological polar surface area (TPSA) is 88.7 Å². The molecule has 1 aromatic heterocycles. The van der Waals surface area contributed by atoms with Gasteiger partial charge in [0.2, 0.25) is 0 Å². The first kappa shape index (κ1) is 20.6. The zero-order chi connectivity index (χ0) is 21.3. The van der Waals surface area contributed by atoms with Crippen molar-refractivity contribution in [2.45, 2.75) is 53.2 Å². The molecule has 0 fully saturated rings. The molecular weight excluding hydrogens is 372 g/mol.